The molecule has 2 saturated heterocycles. The standard InChI is InChI=1S/C14H24N4O3S/c1-12-4-3-5-17(9-12)22(19,20)18-6-7-21-14(11-18)13-8-15-16(2)10-13/h8,10,12,14H,3-7,9,11H2,1-2H3/t12-,14+/m1/s1. The second kappa shape index (κ2) is 6.27. The van der Waals surface area contributed by atoms with Crippen molar-refractivity contribution < 1.29 is 13.2 Å². The number of morpholine rings is 1. The summed E-state index contributed by atoms with van der Waals surface area (Å²) in [5, 5.41) is 4.14. The summed E-state index contributed by atoms with van der Waals surface area (Å²) in [6.07, 6.45) is 5.43. The third-order valence-electron chi connectivity index (χ3n) is 4.40. The summed E-state index contributed by atoms with van der Waals surface area (Å²) < 4.78 is 36.3. The molecule has 2 aliphatic heterocycles. The summed E-state index contributed by atoms with van der Waals surface area (Å²) in [4.78, 5) is 0. The largest absolute Gasteiger partial charge is 0.371 e. The van der Waals surface area contributed by atoms with Crippen molar-refractivity contribution in [3.8, 4) is 0 Å². The SMILES string of the molecule is C[C@@H]1CCCN(S(=O)(=O)N2CCO[C@H](c3cnn(C)c3)C2)C1. The molecule has 0 N–H and O–H groups in total. The molecule has 0 aliphatic carbocycles. The first-order chi connectivity index (χ1) is 10.5. The Morgan fingerprint density at radius 3 is 2.73 bits per heavy atom. The van der Waals surface area contributed by atoms with Gasteiger partial charge >= 0.3 is 0 Å². The number of rotatable bonds is 3. The predicted octanol–water partition coefficient (Wildman–Crippen LogP) is 0.770. The van der Waals surface area contributed by atoms with E-state index in [0.29, 0.717) is 38.7 Å². The highest BCUT2D eigenvalue weighted by Crippen LogP contribution is 2.26. The normalized spacial score (nSPS) is 28.8. The van der Waals surface area contributed by atoms with Gasteiger partial charge in [-0.1, -0.05) is 6.92 Å². The Hall–Kier alpha value is -0.960. The van der Waals surface area contributed by atoms with E-state index in [1.54, 1.807) is 19.5 Å². The molecule has 3 rings (SSSR count). The topological polar surface area (TPSA) is 67.7 Å². The van der Waals surface area contributed by atoms with Crippen LogP contribution in [0.5, 0.6) is 0 Å². The predicted molar refractivity (Wildman–Crippen MR) is 82.4 cm³/mol. The molecule has 0 saturated carbocycles. The van der Waals surface area contributed by atoms with E-state index in [0.717, 1.165) is 18.4 Å². The van der Waals surface area contributed by atoms with Gasteiger partial charge in [-0.2, -0.15) is 22.1 Å². The fourth-order valence-electron chi connectivity index (χ4n) is 3.16. The molecule has 0 bridgehead atoms. The van der Waals surface area contributed by atoms with Gasteiger partial charge in [-0.15, -0.1) is 0 Å². The van der Waals surface area contributed by atoms with Gasteiger partial charge in [0.15, 0.2) is 0 Å². The third-order valence-corrected chi connectivity index (χ3v) is 6.37. The second-order valence-electron chi connectivity index (χ2n) is 6.28. The molecule has 0 aromatic carbocycles. The van der Waals surface area contributed by atoms with Gasteiger partial charge in [0.1, 0.15) is 0 Å². The summed E-state index contributed by atoms with van der Waals surface area (Å²) in [5.74, 6) is 0.429. The van der Waals surface area contributed by atoms with Crippen molar-refractivity contribution >= 4 is 10.2 Å². The molecular formula is C14H24N4O3S. The number of aromatic nitrogens is 2. The Labute approximate surface area is 132 Å². The molecule has 2 fully saturated rings. The second-order valence-corrected chi connectivity index (χ2v) is 8.21. The Kier molecular flexibility index (Phi) is 4.54. The number of piperidine rings is 1. The summed E-state index contributed by atoms with van der Waals surface area (Å²) >= 11 is 0. The first-order valence-electron chi connectivity index (χ1n) is 7.82. The van der Waals surface area contributed by atoms with E-state index in [1.807, 2.05) is 13.2 Å². The van der Waals surface area contributed by atoms with E-state index in [2.05, 4.69) is 12.0 Å². The number of hydrogen-bond acceptors (Lipinski definition) is 4. The highest BCUT2D eigenvalue weighted by molar-refractivity contribution is 7.86. The summed E-state index contributed by atoms with van der Waals surface area (Å²) in [6, 6.07) is 0. The molecule has 7 nitrogen and oxygen atoms in total. The maximum Gasteiger partial charge on any atom is 0.282 e. The Balaban J connectivity index is 1.73. The molecule has 0 spiro atoms. The van der Waals surface area contributed by atoms with Crippen molar-refractivity contribution in [2.45, 2.75) is 25.9 Å². The van der Waals surface area contributed by atoms with Crippen molar-refractivity contribution in [3.63, 3.8) is 0 Å². The van der Waals surface area contributed by atoms with E-state index in [9.17, 15) is 8.42 Å². The minimum Gasteiger partial charge on any atom is -0.371 e. The average Bonchev–Trinajstić information content (AvgIpc) is 2.94. The molecule has 3 heterocycles. The van der Waals surface area contributed by atoms with Gasteiger partial charge in [0, 0.05) is 45.0 Å². The maximum atomic E-state index is 12.8. The molecule has 1 aromatic rings. The van der Waals surface area contributed by atoms with Gasteiger partial charge in [-0.25, -0.2) is 0 Å². The van der Waals surface area contributed by atoms with Crippen LogP contribution in [0.25, 0.3) is 0 Å². The molecule has 0 unspecified atom stereocenters. The van der Waals surface area contributed by atoms with E-state index in [4.69, 9.17) is 4.74 Å². The highest BCUT2D eigenvalue weighted by Gasteiger charge is 2.36. The smallest absolute Gasteiger partial charge is 0.282 e. The Morgan fingerprint density at radius 1 is 1.27 bits per heavy atom. The number of hydrogen-bond donors (Lipinski definition) is 0. The minimum atomic E-state index is -3.39. The summed E-state index contributed by atoms with van der Waals surface area (Å²) in [5.41, 5.74) is 0.925. The molecule has 22 heavy (non-hydrogen) atoms. The minimum absolute atomic E-state index is 0.237. The molecule has 0 amide bonds. The van der Waals surface area contributed by atoms with Crippen LogP contribution in [0.2, 0.25) is 0 Å². The summed E-state index contributed by atoms with van der Waals surface area (Å²) in [7, 11) is -1.55. The molecule has 2 atom stereocenters. The lowest BCUT2D eigenvalue weighted by atomic mass is 10.0. The van der Waals surface area contributed by atoms with Gasteiger partial charge in [-0.3, -0.25) is 4.68 Å². The zero-order valence-corrected chi connectivity index (χ0v) is 14.0. The zero-order valence-electron chi connectivity index (χ0n) is 13.2. The van der Waals surface area contributed by atoms with Crippen molar-refractivity contribution in [1.82, 2.24) is 18.4 Å². The molecule has 124 valence electrons. The van der Waals surface area contributed by atoms with Crippen molar-refractivity contribution in [3.05, 3.63) is 18.0 Å². The van der Waals surface area contributed by atoms with Crippen LogP contribution in [0.3, 0.4) is 0 Å². The van der Waals surface area contributed by atoms with Gasteiger partial charge in [0.2, 0.25) is 0 Å². The van der Waals surface area contributed by atoms with Gasteiger partial charge < -0.3 is 4.74 Å². The van der Waals surface area contributed by atoms with Crippen LogP contribution in [-0.2, 0) is 22.0 Å². The lowest BCUT2D eigenvalue weighted by Crippen LogP contribution is -2.51. The fraction of sp³-hybridized carbons (Fsp3) is 0.786. The number of nitrogens with zero attached hydrogens (tertiary/aromatic N) is 4. The van der Waals surface area contributed by atoms with Crippen LogP contribution in [0.15, 0.2) is 12.4 Å². The quantitative estimate of drug-likeness (QED) is 0.822. The monoisotopic (exact) mass is 328 g/mol. The van der Waals surface area contributed by atoms with Crippen molar-refractivity contribution in [2.24, 2.45) is 13.0 Å². The van der Waals surface area contributed by atoms with Crippen LogP contribution in [0.4, 0.5) is 0 Å². The highest BCUT2D eigenvalue weighted by atomic mass is 32.2. The third kappa shape index (κ3) is 3.19. The van der Waals surface area contributed by atoms with Crippen LogP contribution in [-0.4, -0.2) is 59.6 Å². The lowest BCUT2D eigenvalue weighted by molar-refractivity contribution is -0.00473. The van der Waals surface area contributed by atoms with Crippen LogP contribution < -0.4 is 0 Å². The molecule has 0 radical (unpaired) electrons. The van der Waals surface area contributed by atoms with Crippen molar-refractivity contribution in [2.75, 3.05) is 32.8 Å². The van der Waals surface area contributed by atoms with Crippen LogP contribution in [0, 0.1) is 5.92 Å². The first-order valence-corrected chi connectivity index (χ1v) is 9.22. The van der Waals surface area contributed by atoms with Gasteiger partial charge in [0.05, 0.1) is 18.9 Å². The van der Waals surface area contributed by atoms with Crippen LogP contribution in [0.1, 0.15) is 31.4 Å². The molecule has 8 heteroatoms. The fourth-order valence-corrected chi connectivity index (χ4v) is 4.92. The first kappa shape index (κ1) is 15.9. The Bertz CT molecular complexity index is 615. The van der Waals surface area contributed by atoms with Crippen molar-refractivity contribution in [1.29, 1.82) is 0 Å². The summed E-state index contributed by atoms with van der Waals surface area (Å²) in [6.45, 7) is 4.56. The van der Waals surface area contributed by atoms with E-state index in [-0.39, 0.29) is 6.10 Å². The molecular weight excluding hydrogens is 304 g/mol. The van der Waals surface area contributed by atoms with Gasteiger partial charge in [-0.05, 0) is 18.8 Å². The Morgan fingerprint density at radius 2 is 2.05 bits per heavy atom. The molecule has 1 aromatic heterocycles. The average molecular weight is 328 g/mol. The van der Waals surface area contributed by atoms with E-state index >= 15 is 0 Å². The molecule has 2 aliphatic rings. The van der Waals surface area contributed by atoms with E-state index < -0.39 is 10.2 Å². The lowest BCUT2D eigenvalue weighted by Gasteiger charge is -2.37. The number of aryl methyl sites for hydroxylation is 1. The van der Waals surface area contributed by atoms with E-state index in [1.165, 1.54) is 0 Å². The zero-order chi connectivity index (χ0) is 15.7. The maximum absolute atomic E-state index is 12.8. The van der Waals surface area contributed by atoms with Gasteiger partial charge in [0.25, 0.3) is 10.2 Å². The van der Waals surface area contributed by atoms with Crippen LogP contribution >= 0.6 is 0 Å². The number of ether oxygens (including phenoxy) is 1.